The highest BCUT2D eigenvalue weighted by molar-refractivity contribution is 5.70. The van der Waals surface area contributed by atoms with Crippen molar-refractivity contribution in [2.75, 3.05) is 108 Å². The molecular weight excluding hydrogens is 901 g/mol. The molecule has 1 aliphatic rings. The van der Waals surface area contributed by atoms with Gasteiger partial charge in [0.2, 0.25) is 0 Å². The highest BCUT2D eigenvalue weighted by Crippen LogP contribution is 2.34. The summed E-state index contributed by atoms with van der Waals surface area (Å²) in [7, 11) is 17.6. The van der Waals surface area contributed by atoms with Crippen molar-refractivity contribution in [3.63, 3.8) is 0 Å². The highest BCUT2D eigenvalue weighted by Gasteiger charge is 2.20. The van der Waals surface area contributed by atoms with Gasteiger partial charge in [0.15, 0.2) is 0 Å². The monoisotopic (exact) mass is 954 g/mol. The molecule has 360 valence electrons. The summed E-state index contributed by atoms with van der Waals surface area (Å²) >= 11 is 0. The highest BCUT2D eigenvalue weighted by atomic mass is 15.3. The molecule has 0 amide bonds. The molecule has 72 heavy (non-hydrogen) atoms. The zero-order valence-electron chi connectivity index (χ0n) is 41.6. The SMILES string of the molecule is CN1c2cccc(n2)N(C)c2cccc(n2)N(C)c2cccc(n2)N(C)c2cccc(n2)N(C)c2cccc(n2)N(C)c2cccc(n2)N(C)c2cccc(n2)N(C)c2cccc(n2)N(C)c2cccc1n2. The maximum Gasteiger partial charge on any atom is 0.136 e. The van der Waals surface area contributed by atoms with Crippen LogP contribution in [0.5, 0.6) is 0 Å². The van der Waals surface area contributed by atoms with Gasteiger partial charge in [-0.2, -0.15) is 0 Å². The number of anilines is 18. The third kappa shape index (κ3) is 9.23. The normalized spacial score (nSPS) is 13.4. The Morgan fingerprint density at radius 3 is 0.292 bits per heavy atom. The van der Waals surface area contributed by atoms with Gasteiger partial charge < -0.3 is 44.1 Å². The van der Waals surface area contributed by atoms with E-state index in [0.29, 0.717) is 105 Å². The Labute approximate surface area is 419 Å². The van der Waals surface area contributed by atoms with Crippen molar-refractivity contribution in [2.45, 2.75) is 0 Å². The third-order valence-corrected chi connectivity index (χ3v) is 12.7. The molecule has 0 N–H and O–H groups in total. The molecule has 0 saturated heterocycles. The van der Waals surface area contributed by atoms with E-state index in [1.807, 2.05) is 271 Å². The molecular formula is C54H54N18. The minimum Gasteiger partial charge on any atom is -0.314 e. The first-order valence-corrected chi connectivity index (χ1v) is 23.3. The van der Waals surface area contributed by atoms with Crippen molar-refractivity contribution in [3.8, 4) is 0 Å². The van der Waals surface area contributed by atoms with Crippen LogP contribution in [-0.4, -0.2) is 108 Å². The van der Waals surface area contributed by atoms with E-state index < -0.39 is 0 Å². The minimum atomic E-state index is 0.712. The molecule has 0 saturated carbocycles. The first kappa shape index (κ1) is 46.3. The van der Waals surface area contributed by atoms with Crippen molar-refractivity contribution in [3.05, 3.63) is 164 Å². The molecule has 0 atom stereocenters. The molecule has 9 aromatic rings. The number of rotatable bonds is 0. The summed E-state index contributed by atoms with van der Waals surface area (Å²) in [5.41, 5.74) is 0. The van der Waals surface area contributed by atoms with Crippen molar-refractivity contribution < 1.29 is 0 Å². The first-order chi connectivity index (χ1) is 34.9. The van der Waals surface area contributed by atoms with Gasteiger partial charge in [-0.25, -0.2) is 44.9 Å². The van der Waals surface area contributed by atoms with Crippen molar-refractivity contribution in [2.24, 2.45) is 0 Å². The minimum absolute atomic E-state index is 0.712. The van der Waals surface area contributed by atoms with Gasteiger partial charge in [-0.15, -0.1) is 0 Å². The lowest BCUT2D eigenvalue weighted by molar-refractivity contribution is 0.997. The van der Waals surface area contributed by atoms with Crippen molar-refractivity contribution in [1.82, 2.24) is 44.9 Å². The van der Waals surface area contributed by atoms with Gasteiger partial charge in [-0.1, -0.05) is 54.6 Å². The lowest BCUT2D eigenvalue weighted by Gasteiger charge is -2.26. The zero-order chi connectivity index (χ0) is 50.0. The predicted octanol–water partition coefficient (Wildman–Crippen LogP) is 10.5. The Balaban J connectivity index is 1.02. The molecule has 18 heteroatoms. The van der Waals surface area contributed by atoms with Crippen LogP contribution in [0.3, 0.4) is 0 Å². The molecule has 9 aromatic heterocycles. The predicted molar refractivity (Wildman–Crippen MR) is 291 cm³/mol. The Morgan fingerprint density at radius 2 is 0.222 bits per heavy atom. The maximum absolute atomic E-state index is 5.07. The molecule has 0 unspecified atom stereocenters. The first-order valence-electron chi connectivity index (χ1n) is 23.3. The average Bonchev–Trinajstić information content (AvgIpc) is 3.45. The van der Waals surface area contributed by atoms with E-state index in [1.165, 1.54) is 0 Å². The van der Waals surface area contributed by atoms with E-state index in [-0.39, 0.29) is 0 Å². The Bertz CT molecular complexity index is 2510. The fraction of sp³-hybridized carbons (Fsp3) is 0.167. The van der Waals surface area contributed by atoms with Gasteiger partial charge in [0.1, 0.15) is 105 Å². The smallest absolute Gasteiger partial charge is 0.136 e. The lowest BCUT2D eigenvalue weighted by Crippen LogP contribution is -2.20. The van der Waals surface area contributed by atoms with Crippen molar-refractivity contribution >= 4 is 105 Å². The summed E-state index contributed by atoms with van der Waals surface area (Å²) in [6.45, 7) is 0. The van der Waals surface area contributed by atoms with Crippen LogP contribution < -0.4 is 44.1 Å². The van der Waals surface area contributed by atoms with E-state index in [2.05, 4.69) is 0 Å². The van der Waals surface area contributed by atoms with Crippen LogP contribution >= 0.6 is 0 Å². The summed E-state index contributed by atoms with van der Waals surface area (Å²) in [5, 5.41) is 0. The Kier molecular flexibility index (Phi) is 12.5. The third-order valence-electron chi connectivity index (χ3n) is 12.7. The number of hydrogen-bond donors (Lipinski definition) is 0. The van der Waals surface area contributed by atoms with E-state index in [1.54, 1.807) is 0 Å². The second-order valence-corrected chi connectivity index (χ2v) is 17.2. The fourth-order valence-electron chi connectivity index (χ4n) is 8.13. The van der Waals surface area contributed by atoms with Crippen LogP contribution in [-0.2, 0) is 0 Å². The Morgan fingerprint density at radius 1 is 0.153 bits per heavy atom. The van der Waals surface area contributed by atoms with Crippen LogP contribution in [0.25, 0.3) is 0 Å². The molecule has 0 spiro atoms. The Hall–Kier alpha value is -9.45. The quantitative estimate of drug-likeness (QED) is 0.142. The van der Waals surface area contributed by atoms with E-state index in [4.69, 9.17) is 44.9 Å². The number of fused-ring (bicyclic) bond motifs is 18. The van der Waals surface area contributed by atoms with E-state index >= 15 is 0 Å². The van der Waals surface area contributed by atoms with E-state index in [9.17, 15) is 0 Å². The lowest BCUT2D eigenvalue weighted by atomic mass is 10.3. The van der Waals surface area contributed by atoms with Gasteiger partial charge in [-0.05, 0) is 109 Å². The summed E-state index contributed by atoms with van der Waals surface area (Å²) in [6, 6.07) is 53.2. The number of pyridine rings is 9. The molecule has 0 fully saturated rings. The molecule has 0 radical (unpaired) electrons. The van der Waals surface area contributed by atoms with Gasteiger partial charge in [0.25, 0.3) is 0 Å². The standard InChI is InChI=1S/C54H54N18/c1-64-37-19-10-21-39(55-37)65(2)41-23-12-25-43(57-41)67(4)45-27-14-29-47(59-45)69(6)49-31-16-33-51(61-49)71(8)53-35-18-36-54(63-53)72(9)52-34-17-32-50(62-52)70(7)48-30-15-28-46(60-48)68(5)44-26-13-24-42(58-44)66(3)40-22-11-20-38(64)56-40/h10-36H,1-9H3. The van der Waals surface area contributed by atoms with Gasteiger partial charge in [0.05, 0.1) is 0 Å². The number of hydrogen-bond acceptors (Lipinski definition) is 18. The molecule has 18 bridgehead atoms. The molecule has 10 rings (SSSR count). The summed E-state index contributed by atoms with van der Waals surface area (Å²) in [6.07, 6.45) is 0. The zero-order valence-corrected chi connectivity index (χ0v) is 41.6. The average molecular weight is 955 g/mol. The van der Waals surface area contributed by atoms with Gasteiger partial charge >= 0.3 is 0 Å². The van der Waals surface area contributed by atoms with E-state index in [0.717, 1.165) is 0 Å². The molecule has 10 heterocycles. The maximum atomic E-state index is 5.07. The van der Waals surface area contributed by atoms with Crippen LogP contribution in [0, 0.1) is 0 Å². The second kappa shape index (κ2) is 19.5. The summed E-state index contributed by atoms with van der Waals surface area (Å²) in [5.74, 6) is 12.8. The second-order valence-electron chi connectivity index (χ2n) is 17.2. The molecule has 18 nitrogen and oxygen atoms in total. The number of nitrogens with zero attached hydrogens (tertiary/aromatic N) is 18. The van der Waals surface area contributed by atoms with Gasteiger partial charge in [0, 0.05) is 63.4 Å². The summed E-state index contributed by atoms with van der Waals surface area (Å²) < 4.78 is 0. The van der Waals surface area contributed by atoms with Crippen LogP contribution in [0.2, 0.25) is 0 Å². The van der Waals surface area contributed by atoms with Gasteiger partial charge in [-0.3, -0.25) is 0 Å². The molecule has 0 aliphatic carbocycles. The fourth-order valence-corrected chi connectivity index (χ4v) is 8.13. The van der Waals surface area contributed by atoms with Crippen LogP contribution in [0.1, 0.15) is 0 Å². The summed E-state index contributed by atoms with van der Waals surface area (Å²) in [4.78, 5) is 63.3. The van der Waals surface area contributed by atoms with Crippen molar-refractivity contribution in [1.29, 1.82) is 0 Å². The molecule has 1 aliphatic heterocycles. The van der Waals surface area contributed by atoms with Crippen LogP contribution in [0.4, 0.5) is 105 Å². The number of aromatic nitrogens is 9. The largest absolute Gasteiger partial charge is 0.314 e. The topological polar surface area (TPSA) is 145 Å². The molecule has 0 aromatic carbocycles. The van der Waals surface area contributed by atoms with Crippen LogP contribution in [0.15, 0.2) is 164 Å².